The molecule has 0 fully saturated rings. The zero-order chi connectivity index (χ0) is 43.7. The number of nitrogens with zero attached hydrogens (tertiary/aromatic N) is 3. The van der Waals surface area contributed by atoms with Crippen LogP contribution in [0.1, 0.15) is 11.1 Å². The summed E-state index contributed by atoms with van der Waals surface area (Å²) in [6.45, 7) is 9.95. The number of halogens is 3. The van der Waals surface area contributed by atoms with Gasteiger partial charge in [-0.2, -0.15) is 13.2 Å². The molecule has 13 aromatic rings. The van der Waals surface area contributed by atoms with Gasteiger partial charge in [-0.15, -0.1) is 22.7 Å². The van der Waals surface area contributed by atoms with E-state index < -0.39 is 11.7 Å². The summed E-state index contributed by atoms with van der Waals surface area (Å²) in [5.74, 6) is 0. The van der Waals surface area contributed by atoms with Crippen LogP contribution < -0.4 is 0 Å². The molecule has 9 aromatic carbocycles. The molecule has 65 heavy (non-hydrogen) atoms. The topological polar surface area (TPSA) is 14.2 Å². The first-order valence-electron chi connectivity index (χ1n) is 21.3. The van der Waals surface area contributed by atoms with E-state index in [1.807, 2.05) is 48.5 Å². The maximum atomic E-state index is 14.4. The summed E-state index contributed by atoms with van der Waals surface area (Å²) >= 11 is 3.58. The van der Waals surface area contributed by atoms with Gasteiger partial charge in [-0.25, -0.2) is 4.85 Å². The number of thiophene rings is 2. The minimum Gasteiger partial charge on any atom is -0.309 e. The van der Waals surface area contributed by atoms with E-state index in [9.17, 15) is 13.2 Å². The van der Waals surface area contributed by atoms with Crippen LogP contribution in [0.3, 0.4) is 0 Å². The second-order valence-corrected chi connectivity index (χ2v) is 18.8. The molecule has 0 saturated carbocycles. The summed E-state index contributed by atoms with van der Waals surface area (Å²) in [6, 6.07) is 58.9. The van der Waals surface area contributed by atoms with Crippen LogP contribution in [0.25, 0.3) is 122 Å². The van der Waals surface area contributed by atoms with Gasteiger partial charge in [0.1, 0.15) is 0 Å². The van der Waals surface area contributed by atoms with Crippen LogP contribution in [-0.2, 0) is 6.18 Å². The number of rotatable bonds is 4. The van der Waals surface area contributed by atoms with Crippen molar-refractivity contribution in [3.63, 3.8) is 0 Å². The lowest BCUT2D eigenvalue weighted by atomic mass is 9.94. The molecule has 0 bridgehead atoms. The molecule has 13 rings (SSSR count). The Morgan fingerprint density at radius 2 is 1.02 bits per heavy atom. The van der Waals surface area contributed by atoms with Crippen molar-refractivity contribution in [2.45, 2.75) is 13.1 Å². The molecule has 308 valence electrons. The van der Waals surface area contributed by atoms with E-state index in [4.69, 9.17) is 6.57 Å². The molecule has 0 radical (unpaired) electrons. The maximum Gasteiger partial charge on any atom is 0.416 e. The largest absolute Gasteiger partial charge is 0.416 e. The predicted molar refractivity (Wildman–Crippen MR) is 268 cm³/mol. The van der Waals surface area contributed by atoms with Crippen LogP contribution in [0.5, 0.6) is 0 Å². The van der Waals surface area contributed by atoms with Gasteiger partial charge in [-0.3, -0.25) is 0 Å². The lowest BCUT2D eigenvalue weighted by molar-refractivity contribution is -0.137. The SMILES string of the molecule is [C-]#[N+]c1ccc(-n2c3ccccc3c3c4sc5ccccc5c4ccc32)c(-c2ccc(-c3cc(C)cc(C(F)(F)F)c3)cc2-n2c3ccccc3c3c4sc5ccccc5c4ccc32)c1. The molecule has 0 aliphatic heterocycles. The zero-order valence-electron chi connectivity index (χ0n) is 34.5. The molecule has 0 saturated heterocycles. The van der Waals surface area contributed by atoms with Crippen molar-refractivity contribution in [2.24, 2.45) is 0 Å². The average Bonchev–Trinajstić information content (AvgIpc) is 4.08. The van der Waals surface area contributed by atoms with Gasteiger partial charge in [0.25, 0.3) is 0 Å². The third-order valence-electron chi connectivity index (χ3n) is 13.0. The minimum atomic E-state index is -4.51. The molecule has 4 heterocycles. The summed E-state index contributed by atoms with van der Waals surface area (Å²) in [6.07, 6.45) is -4.51. The number of alkyl halides is 3. The number of para-hydroxylation sites is 2. The maximum absolute atomic E-state index is 14.4. The monoisotopic (exact) mass is 879 g/mol. The Hall–Kier alpha value is -7.70. The van der Waals surface area contributed by atoms with E-state index in [0.717, 1.165) is 60.7 Å². The molecule has 0 aliphatic rings. The van der Waals surface area contributed by atoms with Gasteiger partial charge in [-0.05, 0) is 95.9 Å². The average molecular weight is 880 g/mol. The van der Waals surface area contributed by atoms with E-state index in [1.165, 1.54) is 57.9 Å². The van der Waals surface area contributed by atoms with E-state index in [2.05, 4.69) is 129 Å². The molecule has 4 aromatic heterocycles. The van der Waals surface area contributed by atoms with Gasteiger partial charge in [0.2, 0.25) is 0 Å². The molecule has 3 nitrogen and oxygen atoms in total. The molecule has 8 heteroatoms. The Morgan fingerprint density at radius 3 is 1.60 bits per heavy atom. The van der Waals surface area contributed by atoms with Crippen molar-refractivity contribution in [2.75, 3.05) is 0 Å². The van der Waals surface area contributed by atoms with Crippen LogP contribution >= 0.6 is 22.7 Å². The lowest BCUT2D eigenvalue weighted by Gasteiger charge is -2.20. The van der Waals surface area contributed by atoms with Gasteiger partial charge in [0.15, 0.2) is 5.69 Å². The van der Waals surface area contributed by atoms with Gasteiger partial charge < -0.3 is 9.13 Å². The van der Waals surface area contributed by atoms with Gasteiger partial charge in [0, 0.05) is 67.5 Å². The van der Waals surface area contributed by atoms with Crippen molar-refractivity contribution in [3.8, 4) is 33.6 Å². The molecule has 0 spiro atoms. The number of aromatic nitrogens is 2. The minimum absolute atomic E-state index is 0.475. The Balaban J connectivity index is 1.15. The highest BCUT2D eigenvalue weighted by atomic mass is 32.1. The standard InChI is InChI=1S/C57H32F3N3S2/c1-32-27-34(29-35(28-32)57(58,59)60)33-19-21-37(50(30-33)63-46-16-8-4-14-43(46)54-49(63)26-23-41-39-12-6-10-18-52(39)65-56(41)54)44-31-36(61-2)20-24-47(44)62-45-15-7-3-13-42(45)53-48(62)25-22-40-38-11-5-9-17-51(38)64-55(40)53/h3-31H,1H3. The van der Waals surface area contributed by atoms with E-state index >= 15 is 0 Å². The second-order valence-electron chi connectivity index (χ2n) is 16.7. The normalized spacial score (nSPS) is 12.3. The fraction of sp³-hybridized carbons (Fsp3) is 0.0351. The van der Waals surface area contributed by atoms with Crippen molar-refractivity contribution < 1.29 is 13.2 Å². The van der Waals surface area contributed by atoms with Crippen molar-refractivity contribution in [1.29, 1.82) is 0 Å². The second kappa shape index (κ2) is 13.9. The molecular weight excluding hydrogens is 848 g/mol. The lowest BCUT2D eigenvalue weighted by Crippen LogP contribution is -2.05. The van der Waals surface area contributed by atoms with Gasteiger partial charge in [-0.1, -0.05) is 109 Å². The first kappa shape index (κ1) is 37.8. The van der Waals surface area contributed by atoms with E-state index in [-0.39, 0.29) is 0 Å². The highest BCUT2D eigenvalue weighted by molar-refractivity contribution is 7.27. The summed E-state index contributed by atoms with van der Waals surface area (Å²) in [7, 11) is 0. The summed E-state index contributed by atoms with van der Waals surface area (Å²) < 4.78 is 52.6. The molecule has 0 N–H and O–H groups in total. The van der Waals surface area contributed by atoms with Crippen LogP contribution in [0, 0.1) is 13.5 Å². The van der Waals surface area contributed by atoms with Crippen LogP contribution in [0.2, 0.25) is 0 Å². The van der Waals surface area contributed by atoms with Gasteiger partial charge >= 0.3 is 6.18 Å². The number of hydrogen-bond donors (Lipinski definition) is 0. The van der Waals surface area contributed by atoms with Crippen LogP contribution in [0.15, 0.2) is 176 Å². The van der Waals surface area contributed by atoms with Crippen molar-refractivity contribution in [3.05, 3.63) is 198 Å². The quantitative estimate of drug-likeness (QED) is 0.156. The number of aryl methyl sites for hydroxylation is 1. The number of hydrogen-bond acceptors (Lipinski definition) is 2. The fourth-order valence-corrected chi connectivity index (χ4v) is 12.7. The predicted octanol–water partition coefficient (Wildman–Crippen LogP) is 17.8. The Labute approximate surface area is 377 Å². The summed E-state index contributed by atoms with van der Waals surface area (Å²) in [5, 5.41) is 9.33. The van der Waals surface area contributed by atoms with Crippen molar-refractivity contribution >= 4 is 112 Å². The smallest absolute Gasteiger partial charge is 0.309 e. The van der Waals surface area contributed by atoms with E-state index in [1.54, 1.807) is 29.6 Å². The number of fused-ring (bicyclic) bond motifs is 14. The first-order chi connectivity index (χ1) is 31.7. The molecule has 0 atom stereocenters. The molecule has 0 unspecified atom stereocenters. The fourth-order valence-electron chi connectivity index (χ4n) is 10.2. The molecular formula is C57H32F3N3S2. The third kappa shape index (κ3) is 5.59. The van der Waals surface area contributed by atoms with Gasteiger partial charge in [0.05, 0.1) is 45.6 Å². The Morgan fingerprint density at radius 1 is 0.462 bits per heavy atom. The van der Waals surface area contributed by atoms with E-state index in [0.29, 0.717) is 22.4 Å². The molecule has 0 amide bonds. The van der Waals surface area contributed by atoms with Crippen LogP contribution in [-0.4, -0.2) is 9.13 Å². The highest BCUT2D eigenvalue weighted by Gasteiger charge is 2.31. The summed E-state index contributed by atoms with van der Waals surface area (Å²) in [4.78, 5) is 3.95. The summed E-state index contributed by atoms with van der Waals surface area (Å²) in [5.41, 5.74) is 8.82. The number of benzene rings is 9. The zero-order valence-corrected chi connectivity index (χ0v) is 36.2. The Kier molecular flexibility index (Phi) is 8.09. The highest BCUT2D eigenvalue weighted by Crippen LogP contribution is 2.48. The first-order valence-corrected chi connectivity index (χ1v) is 22.9. The van der Waals surface area contributed by atoms with Crippen LogP contribution in [0.4, 0.5) is 18.9 Å². The Bertz CT molecular complexity index is 4210. The molecule has 0 aliphatic carbocycles. The third-order valence-corrected chi connectivity index (χ3v) is 15.4. The van der Waals surface area contributed by atoms with Crippen molar-refractivity contribution in [1.82, 2.24) is 9.13 Å².